The van der Waals surface area contributed by atoms with Gasteiger partial charge in [0, 0.05) is 7.11 Å². The van der Waals surface area contributed by atoms with E-state index in [-0.39, 0.29) is 11.5 Å². The third-order valence-corrected chi connectivity index (χ3v) is 3.55. The lowest BCUT2D eigenvalue weighted by molar-refractivity contribution is -0.141. The molecule has 0 radical (unpaired) electrons. The molecule has 0 saturated heterocycles. The highest BCUT2D eigenvalue weighted by atomic mass is 16.5. The smallest absolute Gasteiger partial charge is 0.306 e. The molecule has 3 heteroatoms. The highest BCUT2D eigenvalue weighted by molar-refractivity contribution is 5.70. The highest BCUT2D eigenvalue weighted by Gasteiger charge is 2.45. The number of aliphatic carboxylic acids is 1. The highest BCUT2D eigenvalue weighted by Crippen LogP contribution is 2.50. The van der Waals surface area contributed by atoms with Gasteiger partial charge in [0.05, 0.1) is 11.5 Å². The maximum absolute atomic E-state index is 10.9. The van der Waals surface area contributed by atoms with Crippen molar-refractivity contribution in [2.45, 2.75) is 31.8 Å². The number of methoxy groups -OCH3 is 1. The van der Waals surface area contributed by atoms with Crippen LogP contribution in [0.5, 0.6) is 0 Å². The molecule has 0 aliphatic heterocycles. The predicted molar refractivity (Wildman–Crippen MR) is 64.9 cm³/mol. The Morgan fingerprint density at radius 2 is 2.12 bits per heavy atom. The first kappa shape index (κ1) is 12.1. The average Bonchev–Trinajstić information content (AvgIpc) is 3.10. The summed E-state index contributed by atoms with van der Waals surface area (Å²) in [7, 11) is 1.73. The normalized spacial score (nSPS) is 18.7. The molecular formula is C14H18O3. The Bertz CT molecular complexity index is 421. The number of hydrogen-bond donors (Lipinski definition) is 1. The number of carboxylic acids is 1. The zero-order valence-electron chi connectivity index (χ0n) is 10.3. The molecule has 17 heavy (non-hydrogen) atoms. The van der Waals surface area contributed by atoms with Crippen molar-refractivity contribution in [3.8, 4) is 0 Å². The fourth-order valence-corrected chi connectivity index (χ4v) is 2.26. The Labute approximate surface area is 101 Å². The standard InChI is InChI=1S/C14H18O3/c1-10(13(15)16)9-11-5-3-4-6-12(11)14(17-2)7-8-14/h3-6,10H,7-9H2,1-2H3,(H,15,16). The van der Waals surface area contributed by atoms with E-state index >= 15 is 0 Å². The summed E-state index contributed by atoms with van der Waals surface area (Å²) in [5.74, 6) is -1.11. The molecule has 0 amide bonds. The van der Waals surface area contributed by atoms with Crippen molar-refractivity contribution in [2.75, 3.05) is 7.11 Å². The van der Waals surface area contributed by atoms with Crippen molar-refractivity contribution in [2.24, 2.45) is 5.92 Å². The van der Waals surface area contributed by atoms with Gasteiger partial charge in [0.2, 0.25) is 0 Å². The van der Waals surface area contributed by atoms with Crippen LogP contribution in [0.3, 0.4) is 0 Å². The summed E-state index contributed by atoms with van der Waals surface area (Å²) < 4.78 is 5.57. The summed E-state index contributed by atoms with van der Waals surface area (Å²) in [5, 5.41) is 8.98. The lowest BCUT2D eigenvalue weighted by Crippen LogP contribution is -2.17. The molecular weight excluding hydrogens is 216 g/mol. The lowest BCUT2D eigenvalue weighted by atomic mass is 9.93. The zero-order valence-corrected chi connectivity index (χ0v) is 10.3. The molecule has 2 rings (SSSR count). The van der Waals surface area contributed by atoms with Crippen molar-refractivity contribution in [1.29, 1.82) is 0 Å². The first-order valence-corrected chi connectivity index (χ1v) is 5.95. The van der Waals surface area contributed by atoms with Crippen LogP contribution in [0, 0.1) is 5.92 Å². The number of carbonyl (C=O) groups is 1. The SMILES string of the molecule is COC1(c2ccccc2CC(C)C(=O)O)CC1. The number of hydrogen-bond acceptors (Lipinski definition) is 2. The van der Waals surface area contributed by atoms with Gasteiger partial charge in [-0.3, -0.25) is 4.79 Å². The zero-order chi connectivity index (χ0) is 12.5. The third-order valence-electron chi connectivity index (χ3n) is 3.55. The van der Waals surface area contributed by atoms with Crippen LogP contribution in [0.1, 0.15) is 30.9 Å². The average molecular weight is 234 g/mol. The van der Waals surface area contributed by atoms with Crippen molar-refractivity contribution in [3.63, 3.8) is 0 Å². The minimum absolute atomic E-state index is 0.144. The van der Waals surface area contributed by atoms with E-state index in [0.717, 1.165) is 24.0 Å². The summed E-state index contributed by atoms with van der Waals surface area (Å²) in [4.78, 5) is 10.9. The Hall–Kier alpha value is -1.35. The van der Waals surface area contributed by atoms with Gasteiger partial charge < -0.3 is 9.84 Å². The molecule has 0 bridgehead atoms. The van der Waals surface area contributed by atoms with E-state index in [4.69, 9.17) is 9.84 Å². The number of rotatable bonds is 5. The van der Waals surface area contributed by atoms with Gasteiger partial charge in [-0.15, -0.1) is 0 Å². The van der Waals surface area contributed by atoms with Gasteiger partial charge in [-0.2, -0.15) is 0 Å². The van der Waals surface area contributed by atoms with Crippen LogP contribution in [0.4, 0.5) is 0 Å². The van der Waals surface area contributed by atoms with E-state index < -0.39 is 5.97 Å². The molecule has 1 aromatic carbocycles. The predicted octanol–water partition coefficient (Wildman–Crippen LogP) is 2.59. The maximum Gasteiger partial charge on any atom is 0.306 e. The van der Waals surface area contributed by atoms with Gasteiger partial charge in [-0.05, 0) is 30.4 Å². The quantitative estimate of drug-likeness (QED) is 0.851. The molecule has 0 aromatic heterocycles. The van der Waals surface area contributed by atoms with Crippen molar-refractivity contribution in [3.05, 3.63) is 35.4 Å². The minimum Gasteiger partial charge on any atom is -0.481 e. The fourth-order valence-electron chi connectivity index (χ4n) is 2.26. The second-order valence-electron chi connectivity index (χ2n) is 4.80. The number of benzene rings is 1. The van der Waals surface area contributed by atoms with E-state index in [9.17, 15) is 4.79 Å². The molecule has 1 aliphatic carbocycles. The van der Waals surface area contributed by atoms with E-state index in [2.05, 4.69) is 6.07 Å². The molecule has 0 spiro atoms. The third kappa shape index (κ3) is 2.34. The largest absolute Gasteiger partial charge is 0.481 e. The van der Waals surface area contributed by atoms with E-state index in [0.29, 0.717) is 6.42 Å². The van der Waals surface area contributed by atoms with E-state index in [1.165, 1.54) is 0 Å². The molecule has 0 heterocycles. The van der Waals surface area contributed by atoms with Crippen LogP contribution in [0.15, 0.2) is 24.3 Å². The first-order chi connectivity index (χ1) is 8.09. The fraction of sp³-hybridized carbons (Fsp3) is 0.500. The second-order valence-corrected chi connectivity index (χ2v) is 4.80. The van der Waals surface area contributed by atoms with E-state index in [1.807, 2.05) is 18.2 Å². The van der Waals surface area contributed by atoms with Crippen LogP contribution in [-0.2, 0) is 21.6 Å². The molecule has 1 aliphatic rings. The Morgan fingerprint density at radius 3 is 2.65 bits per heavy atom. The van der Waals surface area contributed by atoms with Gasteiger partial charge in [0.1, 0.15) is 0 Å². The van der Waals surface area contributed by atoms with Gasteiger partial charge >= 0.3 is 5.97 Å². The van der Waals surface area contributed by atoms with Crippen molar-refractivity contribution < 1.29 is 14.6 Å². The van der Waals surface area contributed by atoms with Gasteiger partial charge in [-0.1, -0.05) is 31.2 Å². The first-order valence-electron chi connectivity index (χ1n) is 5.95. The Balaban J connectivity index is 2.25. The van der Waals surface area contributed by atoms with Crippen LogP contribution in [0.25, 0.3) is 0 Å². The van der Waals surface area contributed by atoms with Crippen LogP contribution in [0.2, 0.25) is 0 Å². The van der Waals surface area contributed by atoms with Crippen molar-refractivity contribution in [1.82, 2.24) is 0 Å². The summed E-state index contributed by atoms with van der Waals surface area (Å²) >= 11 is 0. The molecule has 1 fully saturated rings. The van der Waals surface area contributed by atoms with Crippen molar-refractivity contribution >= 4 is 5.97 Å². The summed E-state index contributed by atoms with van der Waals surface area (Å²) in [6, 6.07) is 8.01. The Morgan fingerprint density at radius 1 is 1.47 bits per heavy atom. The second kappa shape index (κ2) is 4.49. The number of carboxylic acid groups (broad SMARTS) is 1. The topological polar surface area (TPSA) is 46.5 Å². The summed E-state index contributed by atoms with van der Waals surface area (Å²) in [6.07, 6.45) is 2.63. The van der Waals surface area contributed by atoms with Gasteiger partial charge in [0.15, 0.2) is 0 Å². The molecule has 92 valence electrons. The molecule has 1 unspecified atom stereocenters. The molecule has 1 N–H and O–H groups in total. The van der Waals surface area contributed by atoms with Crippen LogP contribution < -0.4 is 0 Å². The lowest BCUT2D eigenvalue weighted by Gasteiger charge is -2.19. The van der Waals surface area contributed by atoms with Gasteiger partial charge in [-0.25, -0.2) is 0 Å². The maximum atomic E-state index is 10.9. The summed E-state index contributed by atoms with van der Waals surface area (Å²) in [6.45, 7) is 1.74. The van der Waals surface area contributed by atoms with Crippen LogP contribution in [-0.4, -0.2) is 18.2 Å². The minimum atomic E-state index is -0.748. The summed E-state index contributed by atoms with van der Waals surface area (Å²) in [5.41, 5.74) is 2.12. The van der Waals surface area contributed by atoms with Crippen LogP contribution >= 0.6 is 0 Å². The van der Waals surface area contributed by atoms with Gasteiger partial charge in [0.25, 0.3) is 0 Å². The molecule has 1 saturated carbocycles. The monoisotopic (exact) mass is 234 g/mol. The molecule has 3 nitrogen and oxygen atoms in total. The number of ether oxygens (including phenoxy) is 1. The Kier molecular flexibility index (Phi) is 3.20. The molecule has 1 aromatic rings. The molecule has 1 atom stereocenters. The van der Waals surface area contributed by atoms with E-state index in [1.54, 1.807) is 14.0 Å².